The number of hydrogen-bond acceptors (Lipinski definition) is 6. The van der Waals surface area contributed by atoms with E-state index in [4.69, 9.17) is 25.9 Å². The van der Waals surface area contributed by atoms with Gasteiger partial charge in [-0.25, -0.2) is 0 Å². The summed E-state index contributed by atoms with van der Waals surface area (Å²) in [5, 5.41) is 22.0. The monoisotopic (exact) mass is 442 g/mol. The van der Waals surface area contributed by atoms with Gasteiger partial charge in [0, 0.05) is 26.3 Å². The SMILES string of the molecule is [2H]C1=C([2H])[C@@]2(C)C(=C([2H])C1=O)CC[C@@H]1[C@@H]2[C@@H](O)C[C@@]2(C)[C@H]1C[C@H]1OC(C([2H])([2H])C([2H])([2H])C([2H])([2H])[2H])O[C@]12C(=O)C([2H])([2H])O. The van der Waals surface area contributed by atoms with E-state index in [1.165, 1.54) is 6.92 Å². The summed E-state index contributed by atoms with van der Waals surface area (Å²) in [6.45, 7) is -3.92. The second-order valence-corrected chi connectivity index (χ2v) is 9.66. The topological polar surface area (TPSA) is 93.1 Å². The first-order valence-electron chi connectivity index (χ1n) is 16.5. The summed E-state index contributed by atoms with van der Waals surface area (Å²) < 4.78 is 108. The number of ether oxygens (including phenoxy) is 2. The Hall–Kier alpha value is -1.34. The van der Waals surface area contributed by atoms with E-state index in [0.29, 0.717) is 5.57 Å². The molecule has 0 aromatic rings. The molecule has 1 aliphatic heterocycles. The molecule has 170 valence electrons. The molecule has 0 bridgehead atoms. The smallest absolute Gasteiger partial charge is 0.193 e. The molecule has 5 rings (SSSR count). The number of allylic oxidation sites excluding steroid dienone is 4. The fourth-order valence-corrected chi connectivity index (χ4v) is 7.39. The van der Waals surface area contributed by atoms with Crippen LogP contribution in [-0.4, -0.2) is 52.4 Å². The van der Waals surface area contributed by atoms with Crippen molar-refractivity contribution in [2.75, 3.05) is 6.56 Å². The molecule has 5 aliphatic rings. The van der Waals surface area contributed by atoms with Gasteiger partial charge in [0.2, 0.25) is 0 Å². The van der Waals surface area contributed by atoms with Crippen LogP contribution in [0.1, 0.15) is 75.6 Å². The Kier molecular flexibility index (Phi) is 2.67. The molecule has 1 saturated heterocycles. The van der Waals surface area contributed by atoms with E-state index in [-0.39, 0.29) is 31.7 Å². The summed E-state index contributed by atoms with van der Waals surface area (Å²) in [7, 11) is 0. The Morgan fingerprint density at radius 1 is 1.45 bits per heavy atom. The summed E-state index contributed by atoms with van der Waals surface area (Å²) >= 11 is 0. The van der Waals surface area contributed by atoms with Crippen LogP contribution in [0.4, 0.5) is 0 Å². The van der Waals surface area contributed by atoms with Crippen LogP contribution >= 0.6 is 0 Å². The van der Waals surface area contributed by atoms with Gasteiger partial charge in [-0.3, -0.25) is 9.59 Å². The number of fused-ring (bicyclic) bond motifs is 7. The molecule has 3 saturated carbocycles. The van der Waals surface area contributed by atoms with Crippen LogP contribution in [0.2, 0.25) is 0 Å². The lowest BCUT2D eigenvalue weighted by Gasteiger charge is -2.59. The van der Waals surface area contributed by atoms with Crippen molar-refractivity contribution < 1.29 is 45.7 Å². The van der Waals surface area contributed by atoms with Crippen molar-refractivity contribution in [3.8, 4) is 0 Å². The van der Waals surface area contributed by atoms with Crippen molar-refractivity contribution in [2.45, 2.75) is 83.2 Å². The van der Waals surface area contributed by atoms with Crippen molar-refractivity contribution in [3.63, 3.8) is 0 Å². The number of hydrogen-bond donors (Lipinski definition) is 2. The maximum atomic E-state index is 13.8. The minimum absolute atomic E-state index is 0.109. The zero-order chi connectivity index (χ0) is 32.7. The zero-order valence-corrected chi connectivity index (χ0v) is 17.3. The number of ketones is 2. The van der Waals surface area contributed by atoms with Gasteiger partial charge in [-0.2, -0.15) is 0 Å². The summed E-state index contributed by atoms with van der Waals surface area (Å²) in [6, 6.07) is -1.39. The van der Waals surface area contributed by atoms with Crippen LogP contribution in [0.5, 0.6) is 0 Å². The number of rotatable bonds is 4. The molecule has 1 unspecified atom stereocenters. The van der Waals surface area contributed by atoms with Gasteiger partial charge in [0.25, 0.3) is 0 Å². The fourth-order valence-electron chi connectivity index (χ4n) is 7.39. The molecule has 2 N–H and O–H groups in total. The van der Waals surface area contributed by atoms with E-state index in [9.17, 15) is 19.8 Å². The molecular formula is C25H34O6. The van der Waals surface area contributed by atoms with E-state index in [2.05, 4.69) is 0 Å². The van der Waals surface area contributed by atoms with E-state index in [0.717, 1.165) is 0 Å². The molecule has 6 nitrogen and oxygen atoms in total. The van der Waals surface area contributed by atoms with Crippen LogP contribution in [0, 0.1) is 28.6 Å². The van der Waals surface area contributed by atoms with E-state index in [1.807, 2.05) is 0 Å². The molecule has 31 heavy (non-hydrogen) atoms. The summed E-state index contributed by atoms with van der Waals surface area (Å²) in [5.41, 5.74) is -5.08. The van der Waals surface area contributed by atoms with Gasteiger partial charge in [0.15, 0.2) is 23.5 Å². The predicted molar refractivity (Wildman–Crippen MR) is 113 cm³/mol. The first-order chi connectivity index (χ1) is 19.3. The summed E-state index contributed by atoms with van der Waals surface area (Å²) in [6.07, 6.45) is -12.1. The predicted octanol–water partition coefficient (Wildman–Crippen LogP) is 2.72. The van der Waals surface area contributed by atoms with E-state index < -0.39 is 103 Å². The minimum atomic E-state index is -3.54. The second-order valence-electron chi connectivity index (χ2n) is 9.66. The van der Waals surface area contributed by atoms with Crippen molar-refractivity contribution in [2.24, 2.45) is 28.6 Å². The van der Waals surface area contributed by atoms with Gasteiger partial charge in [-0.1, -0.05) is 38.7 Å². The van der Waals surface area contributed by atoms with E-state index in [1.54, 1.807) is 6.92 Å². The Bertz CT molecular complexity index is 1340. The number of carbonyl (C=O) groups is 2. The average molecular weight is 443 g/mol. The lowest BCUT2D eigenvalue weighted by molar-refractivity contribution is -0.200. The highest BCUT2D eigenvalue weighted by Gasteiger charge is 2.75. The molecule has 0 radical (unpaired) electrons. The van der Waals surface area contributed by atoms with Crippen LogP contribution < -0.4 is 0 Å². The molecule has 0 spiro atoms. The van der Waals surface area contributed by atoms with E-state index >= 15 is 0 Å². The molecule has 0 aromatic carbocycles. The Labute approximate surface area is 200 Å². The lowest BCUT2D eigenvalue weighted by Crippen LogP contribution is -2.63. The Balaban J connectivity index is 1.62. The van der Waals surface area contributed by atoms with Crippen LogP contribution in [0.15, 0.2) is 23.7 Å². The lowest BCUT2D eigenvalue weighted by atomic mass is 9.46. The van der Waals surface area contributed by atoms with Crippen LogP contribution in [-0.2, 0) is 19.1 Å². The molecule has 4 aliphatic carbocycles. The van der Waals surface area contributed by atoms with Crippen LogP contribution in [0.3, 0.4) is 0 Å². The highest BCUT2D eigenvalue weighted by molar-refractivity contribution is 6.01. The third kappa shape index (κ3) is 2.65. The normalized spacial score (nSPS) is 58.8. The van der Waals surface area contributed by atoms with Gasteiger partial charge in [0.1, 0.15) is 6.56 Å². The highest BCUT2D eigenvalue weighted by atomic mass is 16.7. The molecule has 0 amide bonds. The minimum Gasteiger partial charge on any atom is -0.393 e. The summed E-state index contributed by atoms with van der Waals surface area (Å²) in [4.78, 5) is 26.3. The standard InChI is InChI=1S/C25H34O6/c1-4-5-21-30-20-11-17-16-7-6-14-10-15(27)8-9-23(14,2)22(16)18(28)12-24(17,3)25(20,31-21)19(29)13-26/h8-10,16-18,20-22,26,28H,4-7,11-13H2,1-3H3/t16-,17-,18-,20+,21?,22+,23-,24-,25+/m0/s1/i1D3,4D2,5D2,8D,9D,10D,13D2. The van der Waals surface area contributed by atoms with Crippen molar-refractivity contribution >= 4 is 11.6 Å². The number of Topliss-reactive ketones (excluding diaryl/α,β-unsaturated/α-hetero) is 1. The number of aliphatic hydroxyl groups is 2. The highest BCUT2D eigenvalue weighted by Crippen LogP contribution is 2.69. The van der Waals surface area contributed by atoms with Gasteiger partial charge in [-0.15, -0.1) is 0 Å². The molecule has 0 aromatic heterocycles. The maximum Gasteiger partial charge on any atom is 0.193 e. The summed E-state index contributed by atoms with van der Waals surface area (Å²) in [5.74, 6) is -4.42. The van der Waals surface area contributed by atoms with Gasteiger partial charge >= 0.3 is 0 Å². The Morgan fingerprint density at radius 2 is 2.26 bits per heavy atom. The third-order valence-electron chi connectivity index (χ3n) is 8.55. The molecule has 6 heteroatoms. The van der Waals surface area contributed by atoms with Crippen molar-refractivity contribution in [3.05, 3.63) is 23.7 Å². The average Bonchev–Trinajstić information content (AvgIpc) is 3.38. The van der Waals surface area contributed by atoms with Crippen molar-refractivity contribution in [1.82, 2.24) is 0 Å². The zero-order valence-electron chi connectivity index (χ0n) is 29.3. The number of aliphatic hydroxyl groups excluding tert-OH is 1. The second kappa shape index (κ2) is 7.08. The molecule has 1 heterocycles. The first kappa shape index (κ1) is 11.7. The first-order valence-corrected chi connectivity index (χ1v) is 10.5. The molecule has 4 fully saturated rings. The number of carbonyl (C=O) groups excluding carboxylic acids is 2. The quantitative estimate of drug-likeness (QED) is 0.695. The largest absolute Gasteiger partial charge is 0.393 e. The van der Waals surface area contributed by atoms with Gasteiger partial charge in [0.05, 0.1) is 19.1 Å². The Morgan fingerprint density at radius 3 is 3.00 bits per heavy atom. The molecular weight excluding hydrogens is 396 g/mol. The maximum absolute atomic E-state index is 13.8. The van der Waals surface area contributed by atoms with Gasteiger partial charge < -0.3 is 19.7 Å². The third-order valence-corrected chi connectivity index (χ3v) is 8.55. The van der Waals surface area contributed by atoms with Crippen molar-refractivity contribution in [1.29, 1.82) is 0 Å². The van der Waals surface area contributed by atoms with Gasteiger partial charge in [-0.05, 0) is 56.0 Å². The molecule has 9 atom stereocenters. The fraction of sp³-hybridized carbons (Fsp3) is 0.760. The van der Waals surface area contributed by atoms with Crippen LogP contribution in [0.25, 0.3) is 0 Å².